The average Bonchev–Trinajstić information content (AvgIpc) is 2.59. The van der Waals surface area contributed by atoms with Crippen LogP contribution in [0.2, 0.25) is 0 Å². The molecule has 2 fully saturated rings. The van der Waals surface area contributed by atoms with E-state index in [9.17, 15) is 9.59 Å². The summed E-state index contributed by atoms with van der Waals surface area (Å²) in [6, 6.07) is 7.25. The molecular weight excluding hydrogens is 356 g/mol. The number of rotatable bonds is 3. The molecule has 5 heteroatoms. The summed E-state index contributed by atoms with van der Waals surface area (Å²) in [5.74, 6) is 1.30. The molecule has 1 saturated heterocycles. The van der Waals surface area contributed by atoms with Crippen molar-refractivity contribution in [3.8, 4) is 0 Å². The first-order chi connectivity index (χ1) is 11.1. The molecule has 1 heterocycles. The first kappa shape index (κ1) is 16.5. The molecule has 0 unspecified atom stereocenters. The fourth-order valence-electron chi connectivity index (χ4n) is 3.84. The first-order valence-corrected chi connectivity index (χ1v) is 9.25. The van der Waals surface area contributed by atoms with Crippen LogP contribution in [-0.4, -0.2) is 36.3 Å². The SMILES string of the molecule is O=C(NCC(=O)N1CC[C@H]2CCCC[C@H]2C1)c1ccccc1Br. The minimum Gasteiger partial charge on any atom is -0.343 e. The zero-order chi connectivity index (χ0) is 16.2. The maximum Gasteiger partial charge on any atom is 0.252 e. The topological polar surface area (TPSA) is 49.4 Å². The predicted octanol–water partition coefficient (Wildman–Crippen LogP) is 3.22. The Morgan fingerprint density at radius 2 is 1.87 bits per heavy atom. The van der Waals surface area contributed by atoms with Crippen molar-refractivity contribution in [3.05, 3.63) is 34.3 Å². The molecule has 0 bridgehead atoms. The average molecular weight is 379 g/mol. The van der Waals surface area contributed by atoms with Crippen LogP contribution in [0.15, 0.2) is 28.7 Å². The van der Waals surface area contributed by atoms with Gasteiger partial charge in [0.25, 0.3) is 5.91 Å². The van der Waals surface area contributed by atoms with E-state index in [0.717, 1.165) is 29.9 Å². The second kappa shape index (κ2) is 7.47. The van der Waals surface area contributed by atoms with Crippen LogP contribution < -0.4 is 5.32 Å². The van der Waals surface area contributed by atoms with Crippen LogP contribution in [0.4, 0.5) is 0 Å². The van der Waals surface area contributed by atoms with E-state index < -0.39 is 0 Å². The normalized spacial score (nSPS) is 24.0. The lowest BCUT2D eigenvalue weighted by Gasteiger charge is -2.41. The fourth-order valence-corrected chi connectivity index (χ4v) is 4.30. The van der Waals surface area contributed by atoms with Gasteiger partial charge in [-0.2, -0.15) is 0 Å². The molecule has 23 heavy (non-hydrogen) atoms. The molecule has 2 amide bonds. The van der Waals surface area contributed by atoms with Crippen molar-refractivity contribution in [2.24, 2.45) is 11.8 Å². The summed E-state index contributed by atoms with van der Waals surface area (Å²) in [5.41, 5.74) is 0.561. The van der Waals surface area contributed by atoms with E-state index in [1.807, 2.05) is 23.1 Å². The number of carbonyl (C=O) groups excluding carboxylic acids is 2. The summed E-state index contributed by atoms with van der Waals surface area (Å²) < 4.78 is 0.743. The quantitative estimate of drug-likeness (QED) is 0.877. The second-order valence-corrected chi connectivity index (χ2v) is 7.45. The van der Waals surface area contributed by atoms with Gasteiger partial charge in [0.15, 0.2) is 0 Å². The van der Waals surface area contributed by atoms with Gasteiger partial charge in [0, 0.05) is 17.6 Å². The van der Waals surface area contributed by atoms with Crippen molar-refractivity contribution in [2.45, 2.75) is 32.1 Å². The van der Waals surface area contributed by atoms with Crippen LogP contribution in [0.3, 0.4) is 0 Å². The van der Waals surface area contributed by atoms with E-state index >= 15 is 0 Å². The Kier molecular flexibility index (Phi) is 5.36. The van der Waals surface area contributed by atoms with Gasteiger partial charge in [0.2, 0.25) is 5.91 Å². The Hall–Kier alpha value is -1.36. The lowest BCUT2D eigenvalue weighted by atomic mass is 9.75. The number of hydrogen-bond donors (Lipinski definition) is 1. The molecule has 1 aliphatic carbocycles. The molecular formula is C18H23BrN2O2. The van der Waals surface area contributed by atoms with Crippen molar-refractivity contribution in [1.29, 1.82) is 0 Å². The van der Waals surface area contributed by atoms with Crippen LogP contribution in [0.1, 0.15) is 42.5 Å². The number of carbonyl (C=O) groups is 2. The van der Waals surface area contributed by atoms with E-state index in [-0.39, 0.29) is 18.4 Å². The minimum absolute atomic E-state index is 0.0365. The number of piperidine rings is 1. The van der Waals surface area contributed by atoms with Crippen molar-refractivity contribution >= 4 is 27.7 Å². The van der Waals surface area contributed by atoms with E-state index in [4.69, 9.17) is 0 Å². The molecule has 0 spiro atoms. The zero-order valence-corrected chi connectivity index (χ0v) is 14.8. The van der Waals surface area contributed by atoms with Gasteiger partial charge in [-0.15, -0.1) is 0 Å². The zero-order valence-electron chi connectivity index (χ0n) is 13.3. The third kappa shape index (κ3) is 3.94. The fraction of sp³-hybridized carbons (Fsp3) is 0.556. The van der Waals surface area contributed by atoms with Gasteiger partial charge in [-0.05, 0) is 52.7 Å². The van der Waals surface area contributed by atoms with Crippen LogP contribution >= 0.6 is 15.9 Å². The van der Waals surface area contributed by atoms with Gasteiger partial charge in [-0.1, -0.05) is 31.4 Å². The van der Waals surface area contributed by atoms with E-state index in [2.05, 4.69) is 21.2 Å². The van der Waals surface area contributed by atoms with Crippen molar-refractivity contribution in [1.82, 2.24) is 10.2 Å². The highest BCUT2D eigenvalue weighted by Gasteiger charge is 2.32. The molecule has 1 saturated carbocycles. The highest BCUT2D eigenvalue weighted by molar-refractivity contribution is 9.10. The molecule has 0 radical (unpaired) electrons. The number of hydrogen-bond acceptors (Lipinski definition) is 2. The van der Waals surface area contributed by atoms with Gasteiger partial charge >= 0.3 is 0 Å². The predicted molar refractivity (Wildman–Crippen MR) is 93.1 cm³/mol. The third-order valence-corrected chi connectivity index (χ3v) is 5.85. The molecule has 4 nitrogen and oxygen atoms in total. The lowest BCUT2D eigenvalue weighted by molar-refractivity contribution is -0.133. The van der Waals surface area contributed by atoms with Gasteiger partial charge in [-0.3, -0.25) is 9.59 Å². The van der Waals surface area contributed by atoms with Crippen LogP contribution in [0.25, 0.3) is 0 Å². The number of likely N-dealkylation sites (tertiary alicyclic amines) is 1. The first-order valence-electron chi connectivity index (χ1n) is 8.45. The number of nitrogens with zero attached hydrogens (tertiary/aromatic N) is 1. The van der Waals surface area contributed by atoms with Crippen LogP contribution in [0, 0.1) is 11.8 Å². The van der Waals surface area contributed by atoms with Crippen LogP contribution in [0.5, 0.6) is 0 Å². The highest BCUT2D eigenvalue weighted by atomic mass is 79.9. The Balaban J connectivity index is 1.51. The molecule has 0 aromatic heterocycles. The Labute approximate surface area is 145 Å². The molecule has 3 rings (SSSR count). The molecule has 124 valence electrons. The maximum atomic E-state index is 12.4. The van der Waals surface area contributed by atoms with Gasteiger partial charge in [-0.25, -0.2) is 0 Å². The highest BCUT2D eigenvalue weighted by Crippen LogP contribution is 2.35. The third-order valence-electron chi connectivity index (χ3n) is 5.16. The Morgan fingerprint density at radius 1 is 1.13 bits per heavy atom. The minimum atomic E-state index is -0.210. The number of benzene rings is 1. The van der Waals surface area contributed by atoms with E-state index in [1.165, 1.54) is 25.7 Å². The summed E-state index contributed by atoms with van der Waals surface area (Å²) in [6.45, 7) is 1.79. The monoisotopic (exact) mass is 378 g/mol. The summed E-state index contributed by atoms with van der Waals surface area (Å²) >= 11 is 3.36. The lowest BCUT2D eigenvalue weighted by Crippen LogP contribution is -2.48. The molecule has 1 aliphatic heterocycles. The summed E-state index contributed by atoms with van der Waals surface area (Å²) in [4.78, 5) is 26.5. The summed E-state index contributed by atoms with van der Waals surface area (Å²) in [7, 11) is 0. The molecule has 2 aliphatic rings. The van der Waals surface area contributed by atoms with Gasteiger partial charge in [0.05, 0.1) is 12.1 Å². The second-order valence-electron chi connectivity index (χ2n) is 6.60. The molecule has 1 aromatic carbocycles. The maximum absolute atomic E-state index is 12.4. The van der Waals surface area contributed by atoms with Crippen LogP contribution in [-0.2, 0) is 4.79 Å². The molecule has 1 aromatic rings. The molecule has 2 atom stereocenters. The summed E-state index contributed by atoms with van der Waals surface area (Å²) in [5, 5.41) is 2.75. The van der Waals surface area contributed by atoms with E-state index in [1.54, 1.807) is 6.07 Å². The smallest absolute Gasteiger partial charge is 0.252 e. The number of fused-ring (bicyclic) bond motifs is 1. The van der Waals surface area contributed by atoms with Gasteiger partial charge in [0.1, 0.15) is 0 Å². The molecule has 1 N–H and O–H groups in total. The standard InChI is InChI=1S/C18H23BrN2O2/c19-16-8-4-3-7-15(16)18(23)20-11-17(22)21-10-9-13-5-1-2-6-14(13)12-21/h3-4,7-8,13-14H,1-2,5-6,9-12H2,(H,20,23)/t13-,14+/m1/s1. The van der Waals surface area contributed by atoms with Crippen molar-refractivity contribution in [2.75, 3.05) is 19.6 Å². The van der Waals surface area contributed by atoms with Crippen molar-refractivity contribution in [3.63, 3.8) is 0 Å². The summed E-state index contributed by atoms with van der Waals surface area (Å²) in [6.07, 6.45) is 6.33. The van der Waals surface area contributed by atoms with Crippen molar-refractivity contribution < 1.29 is 9.59 Å². The Bertz CT molecular complexity index is 590. The van der Waals surface area contributed by atoms with Gasteiger partial charge < -0.3 is 10.2 Å². The van der Waals surface area contributed by atoms with E-state index in [0.29, 0.717) is 11.5 Å². The largest absolute Gasteiger partial charge is 0.343 e. The number of nitrogens with one attached hydrogen (secondary N) is 1. The number of halogens is 1. The number of amides is 2. The Morgan fingerprint density at radius 3 is 2.65 bits per heavy atom.